The fourth-order valence-corrected chi connectivity index (χ4v) is 2.45. The predicted molar refractivity (Wildman–Crippen MR) is 44.5 cm³/mol. The van der Waals surface area contributed by atoms with Crippen LogP contribution in [0.1, 0.15) is 20.3 Å². The van der Waals surface area contributed by atoms with Crippen LogP contribution in [0.15, 0.2) is 5.16 Å². The van der Waals surface area contributed by atoms with E-state index >= 15 is 0 Å². The normalized spacial score (nSPS) is 21.8. The van der Waals surface area contributed by atoms with Crippen LogP contribution in [0.2, 0.25) is 0 Å². The highest BCUT2D eigenvalue weighted by Gasteiger charge is 2.30. The third kappa shape index (κ3) is 3.00. The zero-order chi connectivity index (χ0) is 9.41. The Bertz CT molecular complexity index is 305. The van der Waals surface area contributed by atoms with Crippen molar-refractivity contribution in [1.29, 1.82) is 0 Å². The van der Waals surface area contributed by atoms with Crippen LogP contribution in [-0.2, 0) is 14.0 Å². The van der Waals surface area contributed by atoms with Gasteiger partial charge in [0.05, 0.1) is 0 Å². The van der Waals surface area contributed by atoms with Crippen molar-refractivity contribution in [2.24, 2.45) is 5.16 Å². The standard InChI is InChI=1S/C5H9NO4S2/c1-5(2)3-4(6-10-5)11-12(7,8)9/h3H2,1-2H3,(H,7,8,9)/p-1. The van der Waals surface area contributed by atoms with E-state index in [1.165, 1.54) is 0 Å². The molecule has 0 aromatic rings. The molecule has 0 aromatic carbocycles. The molecule has 7 heteroatoms. The SMILES string of the molecule is CC1(C)CC(SS(=O)(=O)[O-])=NO1. The zero-order valence-corrected chi connectivity index (χ0v) is 8.24. The van der Waals surface area contributed by atoms with Crippen LogP contribution in [0.25, 0.3) is 0 Å². The molecule has 0 saturated carbocycles. The summed E-state index contributed by atoms with van der Waals surface area (Å²) in [5, 5.41) is 3.69. The number of nitrogens with zero attached hydrogens (tertiary/aromatic N) is 1. The quantitative estimate of drug-likeness (QED) is 0.470. The molecule has 0 bridgehead atoms. The molecule has 1 rings (SSSR count). The summed E-state index contributed by atoms with van der Waals surface area (Å²) in [6.07, 6.45) is 0.360. The zero-order valence-electron chi connectivity index (χ0n) is 6.60. The first kappa shape index (κ1) is 9.82. The van der Waals surface area contributed by atoms with Crippen LogP contribution < -0.4 is 0 Å². The van der Waals surface area contributed by atoms with Gasteiger partial charge in [-0.05, 0) is 13.8 Å². The van der Waals surface area contributed by atoms with Gasteiger partial charge in [0.15, 0.2) is 9.15 Å². The maximum atomic E-state index is 10.3. The second-order valence-electron chi connectivity index (χ2n) is 3.00. The van der Waals surface area contributed by atoms with Crippen molar-refractivity contribution in [2.45, 2.75) is 25.9 Å². The average Bonchev–Trinajstić information content (AvgIpc) is 2.05. The van der Waals surface area contributed by atoms with E-state index in [0.717, 1.165) is 0 Å². The lowest BCUT2D eigenvalue weighted by Gasteiger charge is -2.13. The Morgan fingerprint density at radius 2 is 2.25 bits per heavy atom. The van der Waals surface area contributed by atoms with Crippen molar-refractivity contribution in [3.8, 4) is 0 Å². The molecule has 5 nitrogen and oxygen atoms in total. The lowest BCUT2D eigenvalue weighted by Crippen LogP contribution is -2.18. The third-order valence-corrected chi connectivity index (χ3v) is 2.97. The maximum absolute atomic E-state index is 10.3. The monoisotopic (exact) mass is 210 g/mol. The van der Waals surface area contributed by atoms with Crippen molar-refractivity contribution in [3.05, 3.63) is 0 Å². The molecule has 0 atom stereocenters. The van der Waals surface area contributed by atoms with Crippen LogP contribution >= 0.6 is 10.8 Å². The highest BCUT2D eigenvalue weighted by molar-refractivity contribution is 8.76. The summed E-state index contributed by atoms with van der Waals surface area (Å²) < 4.78 is 30.8. The molecule has 0 spiro atoms. The number of hydrogen-bond acceptors (Lipinski definition) is 6. The van der Waals surface area contributed by atoms with Crippen LogP contribution in [0, 0.1) is 0 Å². The van der Waals surface area contributed by atoms with Crippen molar-refractivity contribution < 1.29 is 17.8 Å². The van der Waals surface area contributed by atoms with E-state index in [-0.39, 0.29) is 15.8 Å². The van der Waals surface area contributed by atoms with E-state index in [9.17, 15) is 13.0 Å². The molecule has 0 fully saturated rings. The summed E-state index contributed by atoms with van der Waals surface area (Å²) >= 11 is 0. The smallest absolute Gasteiger partial charge is 0.155 e. The van der Waals surface area contributed by atoms with Gasteiger partial charge in [0.2, 0.25) is 0 Å². The minimum atomic E-state index is -4.30. The van der Waals surface area contributed by atoms with Gasteiger partial charge in [-0.25, -0.2) is 8.42 Å². The van der Waals surface area contributed by atoms with Gasteiger partial charge in [-0.15, -0.1) is 0 Å². The van der Waals surface area contributed by atoms with E-state index in [1.807, 2.05) is 0 Å². The van der Waals surface area contributed by atoms with Gasteiger partial charge in [-0.3, -0.25) is 0 Å². The summed E-state index contributed by atoms with van der Waals surface area (Å²) in [6, 6.07) is 0. The molecule has 0 aromatic heterocycles. The molecule has 0 aliphatic carbocycles. The average molecular weight is 210 g/mol. The molecule has 0 radical (unpaired) electrons. The highest BCUT2D eigenvalue weighted by atomic mass is 33.1. The van der Waals surface area contributed by atoms with E-state index in [1.54, 1.807) is 13.8 Å². The lowest BCUT2D eigenvalue weighted by molar-refractivity contribution is 0.0123. The van der Waals surface area contributed by atoms with Gasteiger partial charge in [0, 0.05) is 17.2 Å². The van der Waals surface area contributed by atoms with Crippen LogP contribution in [0.3, 0.4) is 0 Å². The van der Waals surface area contributed by atoms with Gasteiger partial charge >= 0.3 is 0 Å². The van der Waals surface area contributed by atoms with Crippen molar-refractivity contribution >= 4 is 25.0 Å². The first-order chi connectivity index (χ1) is 5.29. The lowest BCUT2D eigenvalue weighted by atomic mass is 10.1. The Labute approximate surface area is 74.3 Å². The second kappa shape index (κ2) is 2.90. The van der Waals surface area contributed by atoms with E-state index in [2.05, 4.69) is 5.16 Å². The number of hydrogen-bond donors (Lipinski definition) is 0. The molecule has 0 unspecified atom stereocenters. The summed E-state index contributed by atoms with van der Waals surface area (Å²) in [5.41, 5.74) is -0.493. The maximum Gasteiger partial charge on any atom is 0.155 e. The molecule has 70 valence electrons. The highest BCUT2D eigenvalue weighted by Crippen LogP contribution is 2.29. The molecule has 0 N–H and O–H groups in total. The van der Waals surface area contributed by atoms with E-state index < -0.39 is 14.8 Å². The van der Waals surface area contributed by atoms with Crippen LogP contribution in [0.5, 0.6) is 0 Å². The molecule has 12 heavy (non-hydrogen) atoms. The molecule has 0 amide bonds. The predicted octanol–water partition coefficient (Wildman–Crippen LogP) is 0.692. The summed E-state index contributed by atoms with van der Waals surface area (Å²) in [6.45, 7) is 3.53. The summed E-state index contributed by atoms with van der Waals surface area (Å²) in [5.74, 6) is 0. The van der Waals surface area contributed by atoms with Crippen LogP contribution in [-0.4, -0.2) is 23.6 Å². The minimum absolute atomic E-state index is 0.208. The van der Waals surface area contributed by atoms with Gasteiger partial charge in [-0.2, -0.15) is 0 Å². The fraction of sp³-hybridized carbons (Fsp3) is 0.800. The summed E-state index contributed by atoms with van der Waals surface area (Å²) in [4.78, 5) is 4.86. The Morgan fingerprint density at radius 1 is 1.67 bits per heavy atom. The van der Waals surface area contributed by atoms with Crippen LogP contribution in [0.4, 0.5) is 0 Å². The second-order valence-corrected chi connectivity index (χ2v) is 6.18. The number of oxime groups is 1. The minimum Gasteiger partial charge on any atom is -0.739 e. The van der Waals surface area contributed by atoms with E-state index in [0.29, 0.717) is 6.42 Å². The topological polar surface area (TPSA) is 78.8 Å². The van der Waals surface area contributed by atoms with Gasteiger partial charge in [-0.1, -0.05) is 5.16 Å². The first-order valence-corrected chi connectivity index (χ1v) is 5.93. The molecule has 1 aliphatic rings. The summed E-state index contributed by atoms with van der Waals surface area (Å²) in [7, 11) is -4.09. The Kier molecular flexibility index (Phi) is 2.37. The van der Waals surface area contributed by atoms with Gasteiger partial charge in [0.25, 0.3) is 0 Å². The molecular weight excluding hydrogens is 202 g/mol. The number of rotatable bonds is 1. The Morgan fingerprint density at radius 3 is 2.58 bits per heavy atom. The van der Waals surface area contributed by atoms with Gasteiger partial charge < -0.3 is 9.39 Å². The fourth-order valence-electron chi connectivity index (χ4n) is 0.766. The van der Waals surface area contributed by atoms with Gasteiger partial charge in [0.1, 0.15) is 10.6 Å². The molecule has 1 heterocycles. The first-order valence-electron chi connectivity index (χ1n) is 3.19. The molecule has 1 aliphatic heterocycles. The molecule has 0 saturated heterocycles. The van der Waals surface area contributed by atoms with E-state index in [4.69, 9.17) is 4.84 Å². The third-order valence-electron chi connectivity index (χ3n) is 1.17. The Balaban J connectivity index is 2.60. The Hall–Kier alpha value is -0.270. The largest absolute Gasteiger partial charge is 0.739 e. The van der Waals surface area contributed by atoms with Crippen molar-refractivity contribution in [2.75, 3.05) is 0 Å². The molecular formula is C5H8NO4S2-. The van der Waals surface area contributed by atoms with Crippen molar-refractivity contribution in [1.82, 2.24) is 0 Å². The van der Waals surface area contributed by atoms with Crippen molar-refractivity contribution in [3.63, 3.8) is 0 Å².